The zero-order valence-corrected chi connectivity index (χ0v) is 9.90. The fraction of sp³-hybridized carbons (Fsp3) is 0.500. The van der Waals surface area contributed by atoms with Crippen LogP contribution in [0.4, 0.5) is 0 Å². The van der Waals surface area contributed by atoms with E-state index in [0.717, 1.165) is 22.9 Å². The first-order valence-corrected chi connectivity index (χ1v) is 5.67. The lowest BCUT2D eigenvalue weighted by Gasteiger charge is -2.14. The van der Waals surface area contributed by atoms with Crippen LogP contribution in [-0.4, -0.2) is 13.7 Å². The van der Waals surface area contributed by atoms with Gasteiger partial charge >= 0.3 is 0 Å². The lowest BCUT2D eigenvalue weighted by atomic mass is 10.0. The summed E-state index contributed by atoms with van der Waals surface area (Å²) in [7, 11) is 1.66. The monoisotopic (exact) mass is 225 g/mol. The van der Waals surface area contributed by atoms with Crippen LogP contribution in [0.2, 0.25) is 5.02 Å². The highest BCUT2D eigenvalue weighted by Crippen LogP contribution is 2.33. The van der Waals surface area contributed by atoms with Crippen molar-refractivity contribution in [1.82, 2.24) is 5.32 Å². The van der Waals surface area contributed by atoms with Gasteiger partial charge in [0.05, 0.1) is 12.1 Å². The predicted octanol–water partition coefficient (Wildman–Crippen LogP) is 3.08. The quantitative estimate of drug-likeness (QED) is 0.835. The zero-order chi connectivity index (χ0) is 10.8. The van der Waals surface area contributed by atoms with E-state index in [1.54, 1.807) is 7.11 Å². The summed E-state index contributed by atoms with van der Waals surface area (Å²) < 4.78 is 5.27. The molecule has 1 fully saturated rings. The Labute approximate surface area is 95.6 Å². The summed E-state index contributed by atoms with van der Waals surface area (Å²) in [6.45, 7) is 3.12. The van der Waals surface area contributed by atoms with Gasteiger partial charge in [-0.15, -0.1) is 0 Å². The third-order valence-electron chi connectivity index (χ3n) is 2.93. The average molecular weight is 226 g/mol. The topological polar surface area (TPSA) is 21.3 Å². The van der Waals surface area contributed by atoms with Crippen LogP contribution in [0, 0.1) is 6.92 Å². The van der Waals surface area contributed by atoms with E-state index in [-0.39, 0.29) is 0 Å². The summed E-state index contributed by atoms with van der Waals surface area (Å²) in [5.74, 6) is 0.778. The van der Waals surface area contributed by atoms with Gasteiger partial charge in [0.1, 0.15) is 5.75 Å². The second kappa shape index (κ2) is 4.42. The molecule has 2 nitrogen and oxygen atoms in total. The van der Waals surface area contributed by atoms with Crippen LogP contribution in [0.5, 0.6) is 5.75 Å². The maximum atomic E-state index is 6.13. The Morgan fingerprint density at radius 3 is 2.87 bits per heavy atom. The minimum absolute atomic E-state index is 0.467. The standard InChI is InChI=1S/C12H16ClNO/c1-8-6-9(10-4-3-5-14-10)7-11(15-2)12(8)13/h6-7,10,14H,3-5H2,1-2H3. The van der Waals surface area contributed by atoms with E-state index in [1.165, 1.54) is 18.4 Å². The van der Waals surface area contributed by atoms with Crippen LogP contribution in [-0.2, 0) is 0 Å². The molecule has 0 spiro atoms. The Bertz CT molecular complexity index is 359. The van der Waals surface area contributed by atoms with Crippen molar-refractivity contribution in [2.75, 3.05) is 13.7 Å². The van der Waals surface area contributed by atoms with E-state index in [9.17, 15) is 0 Å². The van der Waals surface area contributed by atoms with Crippen LogP contribution in [0.25, 0.3) is 0 Å². The highest BCUT2D eigenvalue weighted by Gasteiger charge is 2.18. The molecule has 1 N–H and O–H groups in total. The first-order chi connectivity index (χ1) is 7.22. The summed E-state index contributed by atoms with van der Waals surface area (Å²) in [5.41, 5.74) is 2.37. The Hall–Kier alpha value is -0.730. The van der Waals surface area contributed by atoms with Crippen LogP contribution < -0.4 is 10.1 Å². The number of hydrogen-bond donors (Lipinski definition) is 1. The van der Waals surface area contributed by atoms with Crippen molar-refractivity contribution in [3.05, 3.63) is 28.3 Å². The number of halogens is 1. The van der Waals surface area contributed by atoms with Crippen molar-refractivity contribution in [3.8, 4) is 5.75 Å². The summed E-state index contributed by atoms with van der Waals surface area (Å²) in [6, 6.07) is 4.65. The molecule has 1 unspecified atom stereocenters. The molecule has 2 rings (SSSR count). The van der Waals surface area contributed by atoms with Gasteiger partial charge in [0, 0.05) is 6.04 Å². The number of ether oxygens (including phenoxy) is 1. The van der Waals surface area contributed by atoms with Gasteiger partial charge < -0.3 is 10.1 Å². The molecule has 0 amide bonds. The molecule has 0 radical (unpaired) electrons. The summed E-state index contributed by atoms with van der Waals surface area (Å²) >= 11 is 6.13. The van der Waals surface area contributed by atoms with Gasteiger partial charge in [-0.2, -0.15) is 0 Å². The Balaban J connectivity index is 2.35. The van der Waals surface area contributed by atoms with E-state index < -0.39 is 0 Å². The first-order valence-electron chi connectivity index (χ1n) is 5.30. The van der Waals surface area contributed by atoms with E-state index in [0.29, 0.717) is 6.04 Å². The number of benzene rings is 1. The minimum atomic E-state index is 0.467. The fourth-order valence-corrected chi connectivity index (χ4v) is 2.27. The minimum Gasteiger partial charge on any atom is -0.495 e. The second-order valence-electron chi connectivity index (χ2n) is 4.00. The lowest BCUT2D eigenvalue weighted by Crippen LogP contribution is -2.13. The summed E-state index contributed by atoms with van der Waals surface area (Å²) in [4.78, 5) is 0. The molecule has 1 saturated heterocycles. The van der Waals surface area contributed by atoms with E-state index in [2.05, 4.69) is 11.4 Å². The number of methoxy groups -OCH3 is 1. The van der Waals surface area contributed by atoms with Crippen molar-refractivity contribution >= 4 is 11.6 Å². The van der Waals surface area contributed by atoms with Gasteiger partial charge in [0.25, 0.3) is 0 Å². The van der Waals surface area contributed by atoms with Gasteiger partial charge in [0.15, 0.2) is 0 Å². The molecule has 0 bridgehead atoms. The van der Waals surface area contributed by atoms with Crippen molar-refractivity contribution in [2.45, 2.75) is 25.8 Å². The maximum absolute atomic E-state index is 6.13. The molecule has 1 aliphatic rings. The molecule has 3 heteroatoms. The molecule has 0 aliphatic carbocycles. The normalized spacial score (nSPS) is 20.6. The molecule has 82 valence electrons. The van der Waals surface area contributed by atoms with Gasteiger partial charge in [-0.1, -0.05) is 17.7 Å². The van der Waals surface area contributed by atoms with Gasteiger partial charge in [-0.05, 0) is 43.5 Å². The largest absolute Gasteiger partial charge is 0.495 e. The summed E-state index contributed by atoms with van der Waals surface area (Å²) in [5, 5.41) is 4.19. The highest BCUT2D eigenvalue weighted by atomic mass is 35.5. The third kappa shape index (κ3) is 2.11. The van der Waals surface area contributed by atoms with E-state index in [4.69, 9.17) is 16.3 Å². The smallest absolute Gasteiger partial charge is 0.138 e. The second-order valence-corrected chi connectivity index (χ2v) is 4.38. The molecular weight excluding hydrogens is 210 g/mol. The van der Waals surface area contributed by atoms with Crippen LogP contribution in [0.3, 0.4) is 0 Å². The van der Waals surface area contributed by atoms with Crippen molar-refractivity contribution in [2.24, 2.45) is 0 Å². The van der Waals surface area contributed by atoms with Gasteiger partial charge in [0.2, 0.25) is 0 Å². The third-order valence-corrected chi connectivity index (χ3v) is 3.41. The molecule has 1 aromatic rings. The van der Waals surface area contributed by atoms with E-state index >= 15 is 0 Å². The Morgan fingerprint density at radius 1 is 1.47 bits per heavy atom. The zero-order valence-electron chi connectivity index (χ0n) is 9.14. The fourth-order valence-electron chi connectivity index (χ4n) is 2.08. The van der Waals surface area contributed by atoms with Gasteiger partial charge in [-0.3, -0.25) is 0 Å². The SMILES string of the molecule is COc1cc(C2CCCN2)cc(C)c1Cl. The number of nitrogens with one attached hydrogen (secondary N) is 1. The molecule has 1 heterocycles. The molecule has 1 atom stereocenters. The van der Waals surface area contributed by atoms with E-state index in [1.807, 2.05) is 13.0 Å². The molecule has 15 heavy (non-hydrogen) atoms. The van der Waals surface area contributed by atoms with Crippen LogP contribution >= 0.6 is 11.6 Å². The first kappa shape index (κ1) is 10.8. The molecular formula is C12H16ClNO. The highest BCUT2D eigenvalue weighted by molar-refractivity contribution is 6.32. The predicted molar refractivity (Wildman–Crippen MR) is 62.7 cm³/mol. The van der Waals surface area contributed by atoms with Crippen molar-refractivity contribution < 1.29 is 4.74 Å². The lowest BCUT2D eigenvalue weighted by molar-refractivity contribution is 0.413. The van der Waals surface area contributed by atoms with Crippen LogP contribution in [0.1, 0.15) is 30.0 Å². The average Bonchev–Trinajstić information content (AvgIpc) is 2.75. The number of aryl methyl sites for hydroxylation is 1. The molecule has 1 aliphatic heterocycles. The van der Waals surface area contributed by atoms with Crippen LogP contribution in [0.15, 0.2) is 12.1 Å². The Morgan fingerprint density at radius 2 is 2.27 bits per heavy atom. The molecule has 0 saturated carbocycles. The summed E-state index contributed by atoms with van der Waals surface area (Å²) in [6.07, 6.45) is 2.44. The van der Waals surface area contributed by atoms with Crippen molar-refractivity contribution in [3.63, 3.8) is 0 Å². The molecule has 0 aromatic heterocycles. The Kier molecular flexibility index (Phi) is 3.17. The molecule has 1 aromatic carbocycles. The number of rotatable bonds is 2. The van der Waals surface area contributed by atoms with Crippen molar-refractivity contribution in [1.29, 1.82) is 0 Å². The maximum Gasteiger partial charge on any atom is 0.138 e. The number of hydrogen-bond acceptors (Lipinski definition) is 2. The van der Waals surface area contributed by atoms with Gasteiger partial charge in [-0.25, -0.2) is 0 Å².